The summed E-state index contributed by atoms with van der Waals surface area (Å²) in [4.78, 5) is 16.1. The zero-order valence-corrected chi connectivity index (χ0v) is 16.1. The molecule has 1 atom stereocenters. The number of aliphatic hydroxyl groups excluding tert-OH is 1. The summed E-state index contributed by atoms with van der Waals surface area (Å²) in [5.41, 5.74) is 4.25. The second-order valence-electron chi connectivity index (χ2n) is 7.77. The summed E-state index contributed by atoms with van der Waals surface area (Å²) in [5, 5.41) is 9.77. The summed E-state index contributed by atoms with van der Waals surface area (Å²) in [5.74, 6) is 2.15. The van der Waals surface area contributed by atoms with Crippen LogP contribution in [0.25, 0.3) is 22.2 Å². The van der Waals surface area contributed by atoms with E-state index in [2.05, 4.69) is 42.6 Å². The molecule has 1 fully saturated rings. The lowest BCUT2D eigenvalue weighted by molar-refractivity contribution is 0.0830. The minimum Gasteiger partial charge on any atom is -0.393 e. The van der Waals surface area contributed by atoms with Crippen molar-refractivity contribution in [1.29, 1.82) is 0 Å². The number of imidazole rings is 1. The van der Waals surface area contributed by atoms with Crippen molar-refractivity contribution in [3.05, 3.63) is 36.4 Å². The van der Waals surface area contributed by atoms with Crippen molar-refractivity contribution in [2.45, 2.75) is 39.0 Å². The van der Waals surface area contributed by atoms with E-state index in [9.17, 15) is 5.11 Å². The van der Waals surface area contributed by atoms with Crippen LogP contribution in [0.1, 0.15) is 25.6 Å². The maximum atomic E-state index is 9.77. The van der Waals surface area contributed by atoms with Crippen molar-refractivity contribution in [2.24, 2.45) is 5.92 Å². The maximum absolute atomic E-state index is 9.77. The van der Waals surface area contributed by atoms with Gasteiger partial charge < -0.3 is 19.3 Å². The van der Waals surface area contributed by atoms with E-state index in [1.807, 2.05) is 19.3 Å². The molecule has 2 aliphatic rings. The van der Waals surface area contributed by atoms with Crippen molar-refractivity contribution in [2.75, 3.05) is 24.6 Å². The van der Waals surface area contributed by atoms with Gasteiger partial charge in [-0.2, -0.15) is 0 Å². The lowest BCUT2D eigenvalue weighted by Crippen LogP contribution is -2.37. The molecule has 4 heterocycles. The van der Waals surface area contributed by atoms with Crippen LogP contribution in [0, 0.1) is 5.92 Å². The Morgan fingerprint density at radius 1 is 1.11 bits per heavy atom. The van der Waals surface area contributed by atoms with Gasteiger partial charge in [0.1, 0.15) is 12.4 Å². The molecule has 2 aromatic heterocycles. The number of piperidine rings is 1. The Hall–Kier alpha value is -2.51. The number of ether oxygens (including phenoxy) is 1. The Bertz CT molecular complexity index is 974. The number of hydrogen-bond acceptors (Lipinski definition) is 6. The molecule has 1 N–H and O–H groups in total. The molecule has 2 aliphatic heterocycles. The van der Waals surface area contributed by atoms with Gasteiger partial charge in [0.05, 0.1) is 23.7 Å². The lowest BCUT2D eigenvalue weighted by atomic mass is 9.92. The molecule has 0 amide bonds. The summed E-state index contributed by atoms with van der Waals surface area (Å²) >= 11 is 0. The van der Waals surface area contributed by atoms with E-state index in [0.29, 0.717) is 12.5 Å². The van der Waals surface area contributed by atoms with Gasteiger partial charge in [0.15, 0.2) is 0 Å². The fraction of sp³-hybridized carbons (Fsp3) is 0.476. The Morgan fingerprint density at radius 3 is 2.64 bits per heavy atom. The van der Waals surface area contributed by atoms with E-state index in [4.69, 9.17) is 4.74 Å². The summed E-state index contributed by atoms with van der Waals surface area (Å²) in [6.45, 7) is 5.82. The minimum absolute atomic E-state index is 0.235. The zero-order chi connectivity index (χ0) is 19.1. The fourth-order valence-electron chi connectivity index (χ4n) is 4.25. The largest absolute Gasteiger partial charge is 0.393 e. The van der Waals surface area contributed by atoms with Gasteiger partial charge in [-0.05, 0) is 43.4 Å². The second kappa shape index (κ2) is 7.14. The number of anilines is 1. The van der Waals surface area contributed by atoms with Crippen LogP contribution < -0.4 is 4.90 Å². The van der Waals surface area contributed by atoms with E-state index in [1.165, 1.54) is 0 Å². The van der Waals surface area contributed by atoms with Gasteiger partial charge in [0.2, 0.25) is 5.95 Å². The number of aromatic nitrogens is 4. The highest BCUT2D eigenvalue weighted by molar-refractivity contribution is 5.82. The molecule has 28 heavy (non-hydrogen) atoms. The van der Waals surface area contributed by atoms with Gasteiger partial charge in [0.25, 0.3) is 0 Å². The van der Waals surface area contributed by atoms with Crippen LogP contribution in [0.2, 0.25) is 0 Å². The molecule has 0 saturated carbocycles. The minimum atomic E-state index is -0.235. The fourth-order valence-corrected chi connectivity index (χ4v) is 4.25. The Morgan fingerprint density at radius 2 is 1.89 bits per heavy atom. The zero-order valence-electron chi connectivity index (χ0n) is 16.1. The standard InChI is InChI=1S/C21H25N5O2/c1-14(27)15-4-6-25(7-5-15)21-22-11-17(12-23-21)16-2-3-18-19(10-16)26-8-9-28-13-20(26)24-18/h2-3,10-12,14-15,27H,4-9,13H2,1H3. The van der Waals surface area contributed by atoms with Crippen molar-refractivity contribution >= 4 is 17.0 Å². The first-order valence-corrected chi connectivity index (χ1v) is 10.0. The molecule has 0 spiro atoms. The topological polar surface area (TPSA) is 76.3 Å². The van der Waals surface area contributed by atoms with E-state index in [0.717, 1.165) is 73.0 Å². The van der Waals surface area contributed by atoms with Crippen LogP contribution >= 0.6 is 0 Å². The summed E-state index contributed by atoms with van der Waals surface area (Å²) in [7, 11) is 0. The number of hydrogen-bond donors (Lipinski definition) is 1. The molecule has 0 bridgehead atoms. The third kappa shape index (κ3) is 3.14. The molecule has 3 aromatic rings. The molecule has 5 rings (SSSR count). The van der Waals surface area contributed by atoms with Gasteiger partial charge in [0, 0.05) is 37.6 Å². The predicted molar refractivity (Wildman–Crippen MR) is 107 cm³/mol. The monoisotopic (exact) mass is 379 g/mol. The van der Waals surface area contributed by atoms with E-state index in [-0.39, 0.29) is 6.10 Å². The average Bonchev–Trinajstić information content (AvgIpc) is 3.12. The van der Waals surface area contributed by atoms with Crippen molar-refractivity contribution in [1.82, 2.24) is 19.5 Å². The third-order valence-corrected chi connectivity index (χ3v) is 5.99. The first-order chi connectivity index (χ1) is 13.7. The number of fused-ring (bicyclic) bond motifs is 3. The first-order valence-electron chi connectivity index (χ1n) is 10.0. The van der Waals surface area contributed by atoms with Crippen molar-refractivity contribution in [3.8, 4) is 11.1 Å². The van der Waals surface area contributed by atoms with Crippen LogP contribution in [0.15, 0.2) is 30.6 Å². The van der Waals surface area contributed by atoms with Crippen molar-refractivity contribution < 1.29 is 9.84 Å². The number of nitrogens with zero attached hydrogens (tertiary/aromatic N) is 5. The van der Waals surface area contributed by atoms with Gasteiger partial charge in [-0.15, -0.1) is 0 Å². The highest BCUT2D eigenvalue weighted by atomic mass is 16.5. The predicted octanol–water partition coefficient (Wildman–Crippen LogP) is 2.62. The van der Waals surface area contributed by atoms with Crippen LogP contribution in [-0.4, -0.2) is 50.4 Å². The molecule has 1 unspecified atom stereocenters. The molecule has 1 aromatic carbocycles. The molecule has 7 heteroatoms. The SMILES string of the molecule is CC(O)C1CCN(c2ncc(-c3ccc4nc5n(c4c3)CCOC5)cn2)CC1. The van der Waals surface area contributed by atoms with Crippen LogP contribution in [0.5, 0.6) is 0 Å². The summed E-state index contributed by atoms with van der Waals surface area (Å²) < 4.78 is 7.75. The highest BCUT2D eigenvalue weighted by Gasteiger charge is 2.24. The Balaban J connectivity index is 1.37. The van der Waals surface area contributed by atoms with Gasteiger partial charge in [-0.3, -0.25) is 0 Å². The van der Waals surface area contributed by atoms with Crippen LogP contribution in [0.4, 0.5) is 5.95 Å². The molecular weight excluding hydrogens is 354 g/mol. The van der Waals surface area contributed by atoms with Crippen LogP contribution in [0.3, 0.4) is 0 Å². The van der Waals surface area contributed by atoms with Gasteiger partial charge in [-0.1, -0.05) is 6.07 Å². The molecule has 0 aliphatic carbocycles. The maximum Gasteiger partial charge on any atom is 0.225 e. The first kappa shape index (κ1) is 17.6. The summed E-state index contributed by atoms with van der Waals surface area (Å²) in [6.07, 6.45) is 5.54. The third-order valence-electron chi connectivity index (χ3n) is 5.99. The molecule has 1 saturated heterocycles. The van der Waals surface area contributed by atoms with Crippen LogP contribution in [-0.2, 0) is 17.9 Å². The Labute approximate surface area is 164 Å². The van der Waals surface area contributed by atoms with Gasteiger partial charge >= 0.3 is 0 Å². The van der Waals surface area contributed by atoms with Crippen molar-refractivity contribution in [3.63, 3.8) is 0 Å². The number of rotatable bonds is 3. The number of aliphatic hydroxyl groups is 1. The average molecular weight is 379 g/mol. The van der Waals surface area contributed by atoms with E-state index in [1.54, 1.807) is 0 Å². The second-order valence-corrected chi connectivity index (χ2v) is 7.77. The summed E-state index contributed by atoms with van der Waals surface area (Å²) in [6, 6.07) is 6.31. The smallest absolute Gasteiger partial charge is 0.225 e. The molecule has 146 valence electrons. The normalized spacial score (nSPS) is 19.0. The molecule has 0 radical (unpaired) electrons. The molecule has 7 nitrogen and oxygen atoms in total. The van der Waals surface area contributed by atoms with E-state index >= 15 is 0 Å². The Kier molecular flexibility index (Phi) is 4.49. The van der Waals surface area contributed by atoms with E-state index < -0.39 is 0 Å². The highest BCUT2D eigenvalue weighted by Crippen LogP contribution is 2.27. The number of benzene rings is 1. The lowest BCUT2D eigenvalue weighted by Gasteiger charge is -2.33. The quantitative estimate of drug-likeness (QED) is 0.754. The molecular formula is C21H25N5O2. The van der Waals surface area contributed by atoms with Gasteiger partial charge in [-0.25, -0.2) is 15.0 Å².